The van der Waals surface area contributed by atoms with Gasteiger partial charge >= 0.3 is 147 Å². The van der Waals surface area contributed by atoms with Crippen LogP contribution in [0.5, 0.6) is 0 Å². The van der Waals surface area contributed by atoms with Gasteiger partial charge < -0.3 is 0 Å². The molecular formula is C20H30Se2. The predicted molar refractivity (Wildman–Crippen MR) is 93.2 cm³/mol. The van der Waals surface area contributed by atoms with Crippen molar-refractivity contribution >= 4 is 26.3 Å². The molecule has 8 aliphatic carbocycles. The van der Waals surface area contributed by atoms with E-state index in [0.717, 1.165) is 34.9 Å². The van der Waals surface area contributed by atoms with Crippen LogP contribution in [0.4, 0.5) is 0 Å². The van der Waals surface area contributed by atoms with Gasteiger partial charge in [-0.2, -0.15) is 0 Å². The van der Waals surface area contributed by atoms with E-state index in [4.69, 9.17) is 0 Å². The van der Waals surface area contributed by atoms with Crippen molar-refractivity contribution in [3.05, 3.63) is 0 Å². The Morgan fingerprint density at radius 1 is 0.409 bits per heavy atom. The van der Waals surface area contributed by atoms with Gasteiger partial charge in [0.2, 0.25) is 0 Å². The fourth-order valence-corrected chi connectivity index (χ4v) is 21.3. The predicted octanol–water partition coefficient (Wildman–Crippen LogP) is 5.09. The van der Waals surface area contributed by atoms with Gasteiger partial charge in [0, 0.05) is 0 Å². The fraction of sp³-hybridized carbons (Fsp3) is 1.00. The van der Waals surface area contributed by atoms with Crippen molar-refractivity contribution in [3.8, 4) is 0 Å². The Labute approximate surface area is 147 Å². The van der Waals surface area contributed by atoms with Crippen LogP contribution in [-0.2, 0) is 0 Å². The molecule has 8 aliphatic rings. The van der Waals surface area contributed by atoms with Crippen LogP contribution in [-0.4, -0.2) is 26.3 Å². The second kappa shape index (κ2) is 4.81. The Hall–Kier alpha value is 1.04. The average molecular weight is 428 g/mol. The molecule has 0 atom stereocenters. The first-order chi connectivity index (χ1) is 10.7. The van der Waals surface area contributed by atoms with Crippen LogP contribution in [0.3, 0.4) is 0 Å². The van der Waals surface area contributed by atoms with Crippen molar-refractivity contribution in [2.45, 2.75) is 85.7 Å². The van der Waals surface area contributed by atoms with E-state index in [1.807, 2.05) is 0 Å². The normalized spacial score (nSPS) is 61.1. The summed E-state index contributed by atoms with van der Waals surface area (Å²) in [5, 5.41) is 0. The van der Waals surface area contributed by atoms with Crippen molar-refractivity contribution < 1.29 is 0 Å². The van der Waals surface area contributed by atoms with Crippen molar-refractivity contribution in [1.82, 2.24) is 0 Å². The molecule has 0 unspecified atom stereocenters. The van der Waals surface area contributed by atoms with Crippen LogP contribution in [0.15, 0.2) is 0 Å². The molecule has 0 amide bonds. The van der Waals surface area contributed by atoms with E-state index in [9.17, 15) is 0 Å². The van der Waals surface area contributed by atoms with Crippen LogP contribution in [0.25, 0.3) is 0 Å². The molecule has 8 rings (SSSR count). The molecule has 0 heterocycles. The third-order valence-corrected chi connectivity index (χ3v) is 20.7. The average Bonchev–Trinajstić information content (AvgIpc) is 2.42. The second-order valence-corrected chi connectivity index (χ2v) is 18.3. The quantitative estimate of drug-likeness (QED) is 0.550. The third kappa shape index (κ3) is 2.20. The SMILES string of the molecule is C1C2CC3CC1CC([Se][Se]C14CC5CC(CC(C5)C1)C4)(C2)C3. The molecule has 2 heteroatoms. The van der Waals surface area contributed by atoms with Gasteiger partial charge in [0.05, 0.1) is 0 Å². The molecule has 0 aromatic rings. The molecule has 0 N–H and O–H groups in total. The van der Waals surface area contributed by atoms with E-state index in [1.54, 1.807) is 77.0 Å². The van der Waals surface area contributed by atoms with Crippen molar-refractivity contribution in [1.29, 1.82) is 0 Å². The zero-order valence-corrected chi connectivity index (χ0v) is 17.2. The summed E-state index contributed by atoms with van der Waals surface area (Å²) in [5.41, 5.74) is 0. The molecule has 22 heavy (non-hydrogen) atoms. The minimum atomic E-state index is 0.936. The van der Waals surface area contributed by atoms with Gasteiger partial charge in [-0.25, -0.2) is 0 Å². The number of hydrogen-bond donors (Lipinski definition) is 0. The molecular weight excluding hydrogens is 398 g/mol. The van der Waals surface area contributed by atoms with Gasteiger partial charge in [-0.15, -0.1) is 0 Å². The summed E-state index contributed by atoms with van der Waals surface area (Å²) in [6.07, 6.45) is 20.0. The Balaban J connectivity index is 1.20. The molecule has 0 saturated heterocycles. The number of rotatable bonds is 3. The van der Waals surface area contributed by atoms with E-state index in [1.165, 1.54) is 35.5 Å². The topological polar surface area (TPSA) is 0 Å². The maximum atomic E-state index is 1.69. The van der Waals surface area contributed by atoms with Crippen LogP contribution in [0.2, 0.25) is 8.63 Å². The van der Waals surface area contributed by atoms with Gasteiger partial charge in [0.25, 0.3) is 0 Å². The van der Waals surface area contributed by atoms with Gasteiger partial charge in [0.1, 0.15) is 0 Å². The van der Waals surface area contributed by atoms with Crippen LogP contribution >= 0.6 is 0 Å². The summed E-state index contributed by atoms with van der Waals surface area (Å²) in [6.45, 7) is 0. The molecule has 8 fully saturated rings. The summed E-state index contributed by atoms with van der Waals surface area (Å²) >= 11 is 2.09. The monoisotopic (exact) mass is 430 g/mol. The Morgan fingerprint density at radius 3 is 0.864 bits per heavy atom. The van der Waals surface area contributed by atoms with E-state index in [2.05, 4.69) is 0 Å². The zero-order valence-electron chi connectivity index (χ0n) is 13.8. The molecule has 0 aromatic carbocycles. The summed E-state index contributed by atoms with van der Waals surface area (Å²) in [4.78, 5) is 0. The van der Waals surface area contributed by atoms with Crippen LogP contribution < -0.4 is 0 Å². The Kier molecular flexibility index (Phi) is 3.11. The van der Waals surface area contributed by atoms with Gasteiger partial charge in [-0.1, -0.05) is 0 Å². The van der Waals surface area contributed by atoms with Gasteiger partial charge in [0.15, 0.2) is 0 Å². The van der Waals surface area contributed by atoms with Crippen LogP contribution in [0.1, 0.15) is 77.0 Å². The molecule has 0 nitrogen and oxygen atoms in total. The van der Waals surface area contributed by atoms with E-state index >= 15 is 0 Å². The van der Waals surface area contributed by atoms with Crippen molar-refractivity contribution in [3.63, 3.8) is 0 Å². The van der Waals surface area contributed by atoms with Crippen LogP contribution in [0, 0.1) is 35.5 Å². The fourth-order valence-electron chi connectivity index (χ4n) is 8.44. The van der Waals surface area contributed by atoms with Gasteiger partial charge in [-0.3, -0.25) is 0 Å². The van der Waals surface area contributed by atoms with E-state index < -0.39 is 0 Å². The summed E-state index contributed by atoms with van der Waals surface area (Å²) in [5.74, 6) is 7.08. The molecule has 122 valence electrons. The third-order valence-electron chi connectivity index (χ3n) is 8.36. The van der Waals surface area contributed by atoms with E-state index in [0.29, 0.717) is 0 Å². The first-order valence-electron chi connectivity index (χ1n) is 10.0. The first kappa shape index (κ1) is 14.2. The summed E-state index contributed by atoms with van der Waals surface area (Å²) in [6, 6.07) is 0. The molecule has 8 bridgehead atoms. The zero-order chi connectivity index (χ0) is 14.4. The molecule has 8 saturated carbocycles. The summed E-state index contributed by atoms with van der Waals surface area (Å²) < 4.78 is 1.87. The number of hydrogen-bond acceptors (Lipinski definition) is 0. The molecule has 0 aromatic heterocycles. The van der Waals surface area contributed by atoms with Crippen molar-refractivity contribution in [2.24, 2.45) is 35.5 Å². The van der Waals surface area contributed by atoms with Crippen molar-refractivity contribution in [2.75, 3.05) is 0 Å². The first-order valence-corrected chi connectivity index (χ1v) is 16.1. The van der Waals surface area contributed by atoms with Gasteiger partial charge in [-0.05, 0) is 0 Å². The Bertz CT molecular complexity index is 368. The molecule has 0 radical (unpaired) electrons. The Morgan fingerprint density at radius 2 is 0.636 bits per heavy atom. The molecule has 0 aliphatic heterocycles. The summed E-state index contributed by atoms with van der Waals surface area (Å²) in [7, 11) is 0. The second-order valence-electron chi connectivity index (χ2n) is 10.4. The molecule has 0 spiro atoms. The van der Waals surface area contributed by atoms with E-state index in [-0.39, 0.29) is 0 Å². The maximum absolute atomic E-state index is 1.69. The minimum absolute atomic E-state index is 0.936. The standard InChI is InChI=1S/C20H30Se2/c1-13-2-15-3-14(1)8-19(7-13,9-15)21-22-20-10-16-4-17(11-20)6-18(5-16)12-20/h13-18H,1-12H2.